The van der Waals surface area contributed by atoms with Crippen molar-refractivity contribution in [2.45, 2.75) is 18.9 Å². The van der Waals surface area contributed by atoms with Gasteiger partial charge >= 0.3 is 0 Å². The number of nitrogens with zero attached hydrogens (tertiary/aromatic N) is 4. The summed E-state index contributed by atoms with van der Waals surface area (Å²) in [5.74, 6) is 1.11. The van der Waals surface area contributed by atoms with Crippen molar-refractivity contribution >= 4 is 17.9 Å². The van der Waals surface area contributed by atoms with Crippen molar-refractivity contribution in [2.24, 2.45) is 4.99 Å². The molecule has 1 aliphatic heterocycles. The second kappa shape index (κ2) is 9.78. The summed E-state index contributed by atoms with van der Waals surface area (Å²) in [5, 5.41) is 12.1. The molecule has 1 N–H and O–H groups in total. The van der Waals surface area contributed by atoms with Crippen LogP contribution in [-0.2, 0) is 4.79 Å². The first-order valence-electron chi connectivity index (χ1n) is 8.89. The van der Waals surface area contributed by atoms with Crippen molar-refractivity contribution in [1.82, 2.24) is 15.1 Å². The number of hydrogen-bond donors (Lipinski definition) is 1. The topological polar surface area (TPSA) is 90.2 Å². The van der Waals surface area contributed by atoms with Crippen molar-refractivity contribution < 1.29 is 14.3 Å². The Labute approximate surface area is 160 Å². The lowest BCUT2D eigenvalue weighted by Crippen LogP contribution is -2.43. The van der Waals surface area contributed by atoms with Gasteiger partial charge < -0.3 is 19.7 Å². The average molecular weight is 373 g/mol. The van der Waals surface area contributed by atoms with Crippen LogP contribution in [-0.4, -0.2) is 76.0 Å². The molecule has 0 aromatic heterocycles. The molecule has 8 heteroatoms. The highest BCUT2D eigenvalue weighted by atomic mass is 16.5. The number of hydrogen-bond acceptors (Lipinski definition) is 6. The normalized spacial score (nSPS) is 15.4. The summed E-state index contributed by atoms with van der Waals surface area (Å²) < 4.78 is 11.6. The molecule has 0 saturated carbocycles. The minimum absolute atomic E-state index is 0.0162. The Morgan fingerprint density at radius 3 is 2.67 bits per heavy atom. The molecule has 1 aromatic carbocycles. The van der Waals surface area contributed by atoms with Gasteiger partial charge in [0.25, 0.3) is 0 Å². The summed E-state index contributed by atoms with van der Waals surface area (Å²) in [6, 6.07) is 5.56. The van der Waals surface area contributed by atoms with Gasteiger partial charge in [-0.25, -0.2) is 4.99 Å². The second-order valence-corrected chi connectivity index (χ2v) is 6.61. The molecule has 2 rings (SSSR count). The predicted molar refractivity (Wildman–Crippen MR) is 104 cm³/mol. The highest BCUT2D eigenvalue weighted by molar-refractivity contribution is 5.77. The van der Waals surface area contributed by atoms with Crippen LogP contribution >= 0.6 is 0 Å². The lowest BCUT2D eigenvalue weighted by Gasteiger charge is -2.31. The highest BCUT2D eigenvalue weighted by Crippen LogP contribution is 2.36. The number of likely N-dealkylation sites (tertiary alicyclic amines) is 1. The summed E-state index contributed by atoms with van der Waals surface area (Å²) >= 11 is 0. The van der Waals surface area contributed by atoms with Crippen LogP contribution in [0, 0.1) is 11.3 Å². The Bertz CT molecular complexity index is 719. The van der Waals surface area contributed by atoms with E-state index in [0.717, 1.165) is 25.9 Å². The number of carbonyl (C=O) groups is 1. The van der Waals surface area contributed by atoms with Gasteiger partial charge in [0.05, 0.1) is 31.2 Å². The van der Waals surface area contributed by atoms with E-state index in [9.17, 15) is 10.1 Å². The molecule has 0 spiro atoms. The van der Waals surface area contributed by atoms with Gasteiger partial charge in [-0.3, -0.25) is 9.69 Å². The highest BCUT2D eigenvalue weighted by Gasteiger charge is 2.23. The van der Waals surface area contributed by atoms with E-state index in [0.29, 0.717) is 29.3 Å². The third-order valence-corrected chi connectivity index (χ3v) is 4.30. The van der Waals surface area contributed by atoms with Crippen molar-refractivity contribution in [3.8, 4) is 17.6 Å². The predicted octanol–water partition coefficient (Wildman–Crippen LogP) is 1.38. The van der Waals surface area contributed by atoms with E-state index in [1.54, 1.807) is 37.5 Å². The van der Waals surface area contributed by atoms with Crippen LogP contribution in [0.4, 0.5) is 5.69 Å². The van der Waals surface area contributed by atoms with Gasteiger partial charge in [0.15, 0.2) is 11.5 Å². The van der Waals surface area contributed by atoms with E-state index in [1.165, 1.54) is 0 Å². The smallest absolute Gasteiger partial charge is 0.233 e. The van der Waals surface area contributed by atoms with Crippen LogP contribution in [0.5, 0.6) is 11.5 Å². The van der Waals surface area contributed by atoms with Crippen LogP contribution in [0.3, 0.4) is 0 Å². The molecule has 1 heterocycles. The fourth-order valence-electron chi connectivity index (χ4n) is 2.82. The molecule has 1 aromatic rings. The maximum absolute atomic E-state index is 11.5. The molecule has 1 amide bonds. The van der Waals surface area contributed by atoms with Gasteiger partial charge in [-0.1, -0.05) is 0 Å². The van der Waals surface area contributed by atoms with Crippen molar-refractivity contribution in [3.63, 3.8) is 0 Å². The van der Waals surface area contributed by atoms with Crippen molar-refractivity contribution in [3.05, 3.63) is 17.7 Å². The van der Waals surface area contributed by atoms with Crippen LogP contribution in [0.1, 0.15) is 18.4 Å². The maximum atomic E-state index is 11.5. The Balaban J connectivity index is 2.08. The molecule has 1 saturated heterocycles. The quantitative estimate of drug-likeness (QED) is 0.574. The van der Waals surface area contributed by atoms with Crippen LogP contribution < -0.4 is 14.8 Å². The molecular formula is C19H27N5O3. The number of ether oxygens (including phenoxy) is 2. The largest absolute Gasteiger partial charge is 0.493 e. The number of likely N-dealkylation sites (N-methyl/N-ethyl adjacent to an activating group) is 1. The number of piperidine rings is 1. The molecule has 1 aliphatic rings. The van der Waals surface area contributed by atoms with E-state index in [4.69, 9.17) is 9.47 Å². The lowest BCUT2D eigenvalue weighted by molar-refractivity contribution is -0.122. The molecule has 0 radical (unpaired) electrons. The monoisotopic (exact) mass is 373 g/mol. The minimum atomic E-state index is 0.0162. The molecular weight excluding hydrogens is 346 g/mol. The number of nitriles is 1. The van der Waals surface area contributed by atoms with Gasteiger partial charge in [0.1, 0.15) is 12.2 Å². The van der Waals surface area contributed by atoms with E-state index >= 15 is 0 Å². The minimum Gasteiger partial charge on any atom is -0.493 e. The zero-order valence-electron chi connectivity index (χ0n) is 16.4. The zero-order chi connectivity index (χ0) is 19.8. The standard InChI is InChI=1S/C19H27N5O3/c1-21-19(25)12-24-7-5-15(6-8-24)27-18-9-14(11-20)16(10-17(18)26-4)22-13-23(2)3/h9-10,13,15H,5-8,12H2,1-4H3,(H,21,25). The summed E-state index contributed by atoms with van der Waals surface area (Å²) in [6.45, 7) is 1.98. The Hall–Kier alpha value is -2.79. The van der Waals surface area contributed by atoms with Crippen LogP contribution in [0.2, 0.25) is 0 Å². The Morgan fingerprint density at radius 2 is 2.11 bits per heavy atom. The Kier molecular flexibility index (Phi) is 7.44. The summed E-state index contributed by atoms with van der Waals surface area (Å²) in [5.41, 5.74) is 0.969. The molecule has 1 fully saturated rings. The molecule has 27 heavy (non-hydrogen) atoms. The third-order valence-electron chi connectivity index (χ3n) is 4.30. The van der Waals surface area contributed by atoms with Crippen LogP contribution in [0.25, 0.3) is 0 Å². The number of aliphatic imine (C=N–C) groups is 1. The number of amides is 1. The fourth-order valence-corrected chi connectivity index (χ4v) is 2.82. The molecule has 0 unspecified atom stereocenters. The molecule has 0 aliphatic carbocycles. The molecule has 146 valence electrons. The first-order valence-corrected chi connectivity index (χ1v) is 8.89. The van der Waals surface area contributed by atoms with E-state index in [1.807, 2.05) is 14.1 Å². The number of nitrogens with one attached hydrogen (secondary N) is 1. The van der Waals surface area contributed by atoms with Gasteiger partial charge in [0.2, 0.25) is 5.91 Å². The molecule has 8 nitrogen and oxygen atoms in total. The summed E-state index contributed by atoms with van der Waals surface area (Å²) in [6.07, 6.45) is 3.27. The molecule has 0 bridgehead atoms. The first-order chi connectivity index (χ1) is 13.0. The third kappa shape index (κ3) is 5.86. The van der Waals surface area contributed by atoms with Gasteiger partial charge in [-0.05, 0) is 12.8 Å². The van der Waals surface area contributed by atoms with Gasteiger partial charge in [-0.2, -0.15) is 5.26 Å². The lowest BCUT2D eigenvalue weighted by atomic mass is 10.1. The second-order valence-electron chi connectivity index (χ2n) is 6.61. The van der Waals surface area contributed by atoms with Gasteiger partial charge in [-0.15, -0.1) is 0 Å². The van der Waals surface area contributed by atoms with Crippen molar-refractivity contribution in [1.29, 1.82) is 5.26 Å². The number of rotatable bonds is 7. The zero-order valence-corrected chi connectivity index (χ0v) is 16.4. The average Bonchev–Trinajstić information content (AvgIpc) is 2.67. The number of benzene rings is 1. The van der Waals surface area contributed by atoms with E-state index < -0.39 is 0 Å². The van der Waals surface area contributed by atoms with Crippen molar-refractivity contribution in [2.75, 3.05) is 47.9 Å². The Morgan fingerprint density at radius 1 is 1.41 bits per heavy atom. The van der Waals surface area contributed by atoms with Crippen LogP contribution in [0.15, 0.2) is 17.1 Å². The number of methoxy groups -OCH3 is 1. The summed E-state index contributed by atoms with van der Waals surface area (Å²) in [4.78, 5) is 19.7. The fraction of sp³-hybridized carbons (Fsp3) is 0.526. The van der Waals surface area contributed by atoms with E-state index in [2.05, 4.69) is 21.3 Å². The summed E-state index contributed by atoms with van der Waals surface area (Å²) in [7, 11) is 6.94. The van der Waals surface area contributed by atoms with Gasteiger partial charge in [0, 0.05) is 46.4 Å². The first kappa shape index (κ1) is 20.5. The maximum Gasteiger partial charge on any atom is 0.233 e. The SMILES string of the molecule is CNC(=O)CN1CCC(Oc2cc(C#N)c(N=CN(C)C)cc2OC)CC1. The van der Waals surface area contributed by atoms with E-state index in [-0.39, 0.29) is 12.0 Å². The molecule has 0 atom stereocenters. The number of carbonyl (C=O) groups excluding carboxylic acids is 1.